The van der Waals surface area contributed by atoms with Gasteiger partial charge in [-0.1, -0.05) is 17.7 Å². The van der Waals surface area contributed by atoms with Gasteiger partial charge in [0.1, 0.15) is 5.75 Å². The van der Waals surface area contributed by atoms with Gasteiger partial charge in [-0.05, 0) is 12.1 Å². The molecule has 3 heteroatoms. The molecule has 0 heterocycles. The zero-order chi connectivity index (χ0) is 7.40. The van der Waals surface area contributed by atoms with E-state index in [1.54, 1.807) is 7.11 Å². The van der Waals surface area contributed by atoms with E-state index in [1.165, 1.54) is 5.56 Å². The fourth-order valence-corrected chi connectivity index (χ4v) is 0.828. The molecule has 0 saturated heterocycles. The average molecular weight is 280 g/mol. The molecule has 0 aliphatic carbocycles. The maximum absolute atomic E-state index is 5.03. The van der Waals surface area contributed by atoms with Gasteiger partial charge in [0.05, 0.1) is 7.11 Å². The van der Waals surface area contributed by atoms with Gasteiger partial charge in [-0.2, -0.15) is 6.42 Å². The van der Waals surface area contributed by atoms with Gasteiger partial charge in [0.15, 0.2) is 0 Å². The number of methoxy groups -OCH3 is 1. The van der Waals surface area contributed by atoms with Crippen molar-refractivity contribution in [3.8, 4) is 5.75 Å². The summed E-state index contributed by atoms with van der Waals surface area (Å²) in [4.78, 5) is 0. The molecule has 0 spiro atoms. The average Bonchev–Trinajstić information content (AvgIpc) is 2.05. The topological polar surface area (TPSA) is 9.23 Å². The summed E-state index contributed by atoms with van der Waals surface area (Å²) in [5.74, 6) is 0.904. The van der Waals surface area contributed by atoms with Crippen molar-refractivity contribution in [2.24, 2.45) is 0 Å². The predicted octanol–water partition coefficient (Wildman–Crippen LogP) is -0.927. The van der Waals surface area contributed by atoms with Crippen LogP contribution in [0.5, 0.6) is 5.75 Å². The maximum Gasteiger partial charge on any atom is 2.00 e. The molecule has 1 rings (SSSR count). The van der Waals surface area contributed by atoms with Crippen molar-refractivity contribution in [3.05, 3.63) is 36.8 Å². The largest absolute Gasteiger partial charge is 2.00 e. The Labute approximate surface area is 97.0 Å². The molecule has 62 valence electrons. The molecule has 0 aliphatic heterocycles. The molecule has 12 heavy (non-hydrogen) atoms. The molecule has 0 saturated carbocycles. The summed E-state index contributed by atoms with van der Waals surface area (Å²) in [5, 5.41) is 0. The van der Waals surface area contributed by atoms with Crippen LogP contribution in [0.3, 0.4) is 0 Å². The number of halogens is 1. The summed E-state index contributed by atoms with van der Waals surface area (Å²) in [5.41, 5.74) is 1.21. The second-order valence-corrected chi connectivity index (χ2v) is 2.10. The molecule has 0 N–H and O–H groups in total. The summed E-state index contributed by atoms with van der Waals surface area (Å²) >= 11 is 0. The van der Waals surface area contributed by atoms with Crippen molar-refractivity contribution >= 4 is 0 Å². The van der Waals surface area contributed by atoms with Gasteiger partial charge in [0.25, 0.3) is 0 Å². The third kappa shape index (κ3) is 4.22. The Balaban J connectivity index is 0. The summed E-state index contributed by atoms with van der Waals surface area (Å²) in [6.07, 6.45) is 0.817. The Bertz CT molecular complexity index is 196. The smallest absolute Gasteiger partial charge is 1.00 e. The van der Waals surface area contributed by atoms with E-state index in [0.717, 1.165) is 12.2 Å². The number of hydrogen-bond acceptors (Lipinski definition) is 1. The molecule has 0 fully saturated rings. The van der Waals surface area contributed by atoms with E-state index in [-0.39, 0.29) is 36.5 Å². The van der Waals surface area contributed by atoms with Crippen LogP contribution in [0.25, 0.3) is 0 Å². The number of hydrogen-bond donors (Lipinski definition) is 0. The van der Waals surface area contributed by atoms with Crippen LogP contribution in [0, 0.1) is 6.92 Å². The molecule has 0 atom stereocenters. The maximum atomic E-state index is 5.03. The van der Waals surface area contributed by atoms with Crippen LogP contribution in [0.2, 0.25) is 0 Å². The molecule has 1 aromatic carbocycles. The van der Waals surface area contributed by atoms with Crippen LogP contribution in [-0.2, 0) is 25.9 Å². The summed E-state index contributed by atoms with van der Waals surface area (Å²) in [7, 11) is 1.67. The molecule has 0 unspecified atom stereocenters. The van der Waals surface area contributed by atoms with Crippen LogP contribution >= 0.6 is 0 Å². The van der Waals surface area contributed by atoms with Gasteiger partial charge < -0.3 is 28.6 Å². The number of ether oxygens (including phenoxy) is 1. The normalized spacial score (nSPS) is 7.83. The van der Waals surface area contributed by atoms with Crippen molar-refractivity contribution in [3.63, 3.8) is 0 Å². The quantitative estimate of drug-likeness (QED) is 0.503. The predicted molar refractivity (Wildman–Crippen MR) is 42.1 cm³/mol. The fourth-order valence-electron chi connectivity index (χ4n) is 0.828. The Morgan fingerprint density at radius 1 is 1.42 bits per heavy atom. The molecule has 0 amide bonds. The summed E-state index contributed by atoms with van der Waals surface area (Å²) < 4.78 is 5.03. The first-order valence-electron chi connectivity index (χ1n) is 3.29. The second kappa shape index (κ2) is 7.76. The van der Waals surface area contributed by atoms with Crippen molar-refractivity contribution in [2.75, 3.05) is 7.11 Å². The SMILES string of the molecule is [Br-].[CH2-]Cc1cccc(OC)c1.[Zn+2]. The Morgan fingerprint density at radius 2 is 2.08 bits per heavy atom. The van der Waals surface area contributed by atoms with Gasteiger partial charge in [-0.25, -0.2) is 0 Å². The van der Waals surface area contributed by atoms with E-state index in [9.17, 15) is 0 Å². The van der Waals surface area contributed by atoms with E-state index in [0.29, 0.717) is 0 Å². The van der Waals surface area contributed by atoms with Gasteiger partial charge in [-0.15, -0.1) is 0 Å². The van der Waals surface area contributed by atoms with Crippen molar-refractivity contribution < 1.29 is 41.2 Å². The Kier molecular flexibility index (Phi) is 9.46. The summed E-state index contributed by atoms with van der Waals surface area (Å²) in [6, 6.07) is 7.93. The van der Waals surface area contributed by atoms with Crippen molar-refractivity contribution in [2.45, 2.75) is 6.42 Å². The fraction of sp³-hybridized carbons (Fsp3) is 0.222. The zero-order valence-corrected chi connectivity index (χ0v) is 11.8. The van der Waals surface area contributed by atoms with Gasteiger partial charge in [-0.3, -0.25) is 0 Å². The Morgan fingerprint density at radius 3 is 2.58 bits per heavy atom. The summed E-state index contributed by atoms with van der Waals surface area (Å²) in [6.45, 7) is 3.78. The minimum Gasteiger partial charge on any atom is -1.00 e. The van der Waals surface area contributed by atoms with Gasteiger partial charge >= 0.3 is 19.5 Å². The first-order valence-corrected chi connectivity index (χ1v) is 3.29. The number of benzene rings is 1. The van der Waals surface area contributed by atoms with Crippen molar-refractivity contribution in [1.82, 2.24) is 0 Å². The van der Waals surface area contributed by atoms with Crippen LogP contribution in [-0.4, -0.2) is 7.11 Å². The molecule has 0 bridgehead atoms. The molecule has 0 aromatic heterocycles. The molecular weight excluding hydrogens is 269 g/mol. The van der Waals surface area contributed by atoms with Crippen LogP contribution < -0.4 is 21.7 Å². The van der Waals surface area contributed by atoms with Crippen molar-refractivity contribution in [1.29, 1.82) is 0 Å². The second-order valence-electron chi connectivity index (χ2n) is 2.10. The van der Waals surface area contributed by atoms with E-state index < -0.39 is 0 Å². The van der Waals surface area contributed by atoms with E-state index in [1.807, 2.05) is 24.3 Å². The molecule has 0 aliphatic rings. The Hall–Kier alpha value is 0.123. The minimum atomic E-state index is 0. The monoisotopic (exact) mass is 278 g/mol. The van der Waals surface area contributed by atoms with Crippen LogP contribution in [0.4, 0.5) is 0 Å². The van der Waals surface area contributed by atoms with E-state index >= 15 is 0 Å². The van der Waals surface area contributed by atoms with Gasteiger partial charge in [0.2, 0.25) is 0 Å². The third-order valence-corrected chi connectivity index (χ3v) is 1.42. The number of rotatable bonds is 2. The van der Waals surface area contributed by atoms with E-state index in [2.05, 4.69) is 6.92 Å². The zero-order valence-electron chi connectivity index (χ0n) is 7.22. The third-order valence-electron chi connectivity index (χ3n) is 1.42. The molecule has 1 aromatic rings. The first kappa shape index (κ1) is 14.6. The van der Waals surface area contributed by atoms with Crippen LogP contribution in [0.1, 0.15) is 5.56 Å². The van der Waals surface area contributed by atoms with Gasteiger partial charge in [0, 0.05) is 0 Å². The van der Waals surface area contributed by atoms with E-state index in [4.69, 9.17) is 4.74 Å². The standard InChI is InChI=1S/C9H11O.BrH.Zn/c1-3-8-5-4-6-9(7-8)10-2;;/h4-7H,1,3H2,2H3;1H;/q-1;;+2/p-1. The minimum absolute atomic E-state index is 0. The first-order chi connectivity index (χ1) is 4.86. The van der Waals surface area contributed by atoms with Crippen LogP contribution in [0.15, 0.2) is 24.3 Å². The molecule has 1 nitrogen and oxygen atoms in total. The molecule has 0 radical (unpaired) electrons. The molecular formula is C9H11BrOZn.